The van der Waals surface area contributed by atoms with Gasteiger partial charge in [0, 0.05) is 0 Å². The lowest BCUT2D eigenvalue weighted by atomic mass is 9.78. The molecule has 7 N–H and O–H groups in total. The van der Waals surface area contributed by atoms with Gasteiger partial charge in [0.1, 0.15) is 18.1 Å². The summed E-state index contributed by atoms with van der Waals surface area (Å²) < 4.78 is 0. The van der Waals surface area contributed by atoms with Crippen molar-refractivity contribution >= 4 is 35.6 Å². The number of aliphatic carboxylic acids is 2. The number of nitrogens with one attached hydrogen (secondary N) is 3. The van der Waals surface area contributed by atoms with Crippen molar-refractivity contribution in [2.45, 2.75) is 83.3 Å². The van der Waals surface area contributed by atoms with Crippen LogP contribution in [0.1, 0.15) is 64.4 Å². The van der Waals surface area contributed by atoms with E-state index in [9.17, 15) is 39.0 Å². The van der Waals surface area contributed by atoms with E-state index in [4.69, 9.17) is 5.73 Å². The monoisotopic (exact) mass is 560 g/mol. The predicted molar refractivity (Wildman–Crippen MR) is 145 cm³/mol. The number of hydrogen-bond donors (Lipinski definition) is 6. The van der Waals surface area contributed by atoms with Crippen molar-refractivity contribution in [3.63, 3.8) is 0 Å². The Labute approximate surface area is 233 Å². The Kier molecular flexibility index (Phi) is 12.6. The predicted octanol–water partition coefficient (Wildman–Crippen LogP) is 0.971. The molecule has 0 spiro atoms. The molecule has 5 atom stereocenters. The summed E-state index contributed by atoms with van der Waals surface area (Å²) in [6.45, 7) is 3.64. The third-order valence-electron chi connectivity index (χ3n) is 7.00. The standard InChI is InChI=1S/C28H40N4O8/c1-16(2)14-21(24(29)35)31-27(38)22(15-23(33)34)32-26(37)20(13-12-17-8-4-3-5-9-17)30-25(36)18-10-6-7-11-19(18)28(39)40/h3-5,8-9,16,18-22H,6-7,10-15H2,1-2H3,(H2,29,35)(H,30,36)(H,31,38)(H,32,37)(H,33,34)(H,39,40)/t18-,19-,20+,21+,22+/m1/s1. The summed E-state index contributed by atoms with van der Waals surface area (Å²) in [7, 11) is 0. The van der Waals surface area contributed by atoms with Gasteiger partial charge in [-0.3, -0.25) is 28.8 Å². The molecule has 1 aromatic carbocycles. The number of nitrogens with two attached hydrogens (primary N) is 1. The van der Waals surface area contributed by atoms with E-state index in [0.717, 1.165) is 5.56 Å². The van der Waals surface area contributed by atoms with Crippen LogP contribution in [0.5, 0.6) is 0 Å². The smallest absolute Gasteiger partial charge is 0.307 e. The van der Waals surface area contributed by atoms with Crippen LogP contribution in [0, 0.1) is 17.8 Å². The van der Waals surface area contributed by atoms with Crippen LogP contribution in [0.15, 0.2) is 30.3 Å². The second-order valence-electron chi connectivity index (χ2n) is 10.7. The minimum atomic E-state index is -1.54. The molecule has 0 bridgehead atoms. The lowest BCUT2D eigenvalue weighted by Gasteiger charge is -2.30. The van der Waals surface area contributed by atoms with Crippen molar-refractivity contribution in [1.82, 2.24) is 16.0 Å². The van der Waals surface area contributed by atoms with E-state index in [1.165, 1.54) is 0 Å². The van der Waals surface area contributed by atoms with E-state index < -0.39 is 71.9 Å². The maximum atomic E-state index is 13.4. The number of rotatable bonds is 15. The van der Waals surface area contributed by atoms with Crippen molar-refractivity contribution in [2.24, 2.45) is 23.5 Å². The molecule has 0 saturated heterocycles. The van der Waals surface area contributed by atoms with Gasteiger partial charge in [0.25, 0.3) is 0 Å². The number of benzene rings is 1. The summed E-state index contributed by atoms with van der Waals surface area (Å²) in [5, 5.41) is 26.5. The van der Waals surface area contributed by atoms with Gasteiger partial charge in [0.2, 0.25) is 23.6 Å². The Morgan fingerprint density at radius 3 is 1.98 bits per heavy atom. The molecule has 0 unspecified atom stereocenters. The number of carboxylic acid groups (broad SMARTS) is 2. The number of primary amides is 1. The molecule has 220 valence electrons. The molecule has 0 heterocycles. The molecule has 0 aliphatic heterocycles. The Hall–Kier alpha value is -3.96. The van der Waals surface area contributed by atoms with Gasteiger partial charge in [0.15, 0.2) is 0 Å². The van der Waals surface area contributed by atoms with Crippen molar-refractivity contribution in [1.29, 1.82) is 0 Å². The average Bonchev–Trinajstić information content (AvgIpc) is 2.89. The molecule has 1 aliphatic rings. The van der Waals surface area contributed by atoms with E-state index in [-0.39, 0.29) is 18.8 Å². The van der Waals surface area contributed by atoms with Gasteiger partial charge >= 0.3 is 11.9 Å². The van der Waals surface area contributed by atoms with Crippen molar-refractivity contribution in [3.8, 4) is 0 Å². The molecular weight excluding hydrogens is 520 g/mol. The molecule has 0 aromatic heterocycles. The first-order valence-corrected chi connectivity index (χ1v) is 13.6. The normalized spacial score (nSPS) is 19.1. The van der Waals surface area contributed by atoms with Crippen LogP contribution in [-0.4, -0.2) is 63.9 Å². The molecule has 1 fully saturated rings. The average molecular weight is 561 g/mol. The molecular formula is C28H40N4O8. The van der Waals surface area contributed by atoms with E-state index in [1.807, 2.05) is 44.2 Å². The number of carbonyl (C=O) groups is 6. The quantitative estimate of drug-likeness (QED) is 0.182. The molecule has 4 amide bonds. The number of aryl methyl sites for hydroxylation is 1. The first kappa shape index (κ1) is 32.3. The maximum absolute atomic E-state index is 13.4. The Balaban J connectivity index is 2.24. The molecule has 12 heteroatoms. The van der Waals surface area contributed by atoms with Crippen LogP contribution in [0.4, 0.5) is 0 Å². The number of amides is 4. The van der Waals surface area contributed by atoms with Gasteiger partial charge in [-0.05, 0) is 43.6 Å². The third-order valence-corrected chi connectivity index (χ3v) is 7.00. The number of carboxylic acids is 2. The summed E-state index contributed by atoms with van der Waals surface area (Å²) in [6, 6.07) is 5.39. The second-order valence-corrected chi connectivity index (χ2v) is 10.7. The van der Waals surface area contributed by atoms with E-state index in [1.54, 1.807) is 0 Å². The van der Waals surface area contributed by atoms with E-state index in [2.05, 4.69) is 16.0 Å². The summed E-state index contributed by atoms with van der Waals surface area (Å²) in [5.41, 5.74) is 6.27. The van der Waals surface area contributed by atoms with Gasteiger partial charge < -0.3 is 31.9 Å². The van der Waals surface area contributed by atoms with E-state index >= 15 is 0 Å². The molecule has 2 rings (SSSR count). The lowest BCUT2D eigenvalue weighted by Crippen LogP contribution is -2.57. The molecule has 1 aromatic rings. The fourth-order valence-electron chi connectivity index (χ4n) is 4.89. The van der Waals surface area contributed by atoms with Gasteiger partial charge in [-0.25, -0.2) is 0 Å². The van der Waals surface area contributed by atoms with E-state index in [0.29, 0.717) is 32.1 Å². The summed E-state index contributed by atoms with van der Waals surface area (Å²) in [4.78, 5) is 74.6. The SMILES string of the molecule is CC(C)C[C@H](NC(=O)[C@H](CC(=O)O)NC(=O)[C@H](CCc1ccccc1)NC(=O)[C@@H]1CCCC[C@H]1C(=O)O)C(N)=O. The summed E-state index contributed by atoms with van der Waals surface area (Å²) in [5.74, 6) is -7.20. The molecule has 1 aliphatic carbocycles. The second kappa shape index (κ2) is 15.6. The van der Waals surface area contributed by atoms with Gasteiger partial charge in [-0.2, -0.15) is 0 Å². The van der Waals surface area contributed by atoms with Crippen molar-refractivity contribution < 1.29 is 39.0 Å². The topological polar surface area (TPSA) is 205 Å². The van der Waals surface area contributed by atoms with Crippen LogP contribution in [0.2, 0.25) is 0 Å². The van der Waals surface area contributed by atoms with Crippen molar-refractivity contribution in [2.75, 3.05) is 0 Å². The lowest BCUT2D eigenvalue weighted by molar-refractivity contribution is -0.149. The van der Waals surface area contributed by atoms with Gasteiger partial charge in [-0.1, -0.05) is 57.0 Å². The highest BCUT2D eigenvalue weighted by Crippen LogP contribution is 2.30. The first-order valence-electron chi connectivity index (χ1n) is 13.6. The zero-order chi connectivity index (χ0) is 29.8. The number of hydrogen-bond acceptors (Lipinski definition) is 6. The van der Waals surface area contributed by atoms with Crippen LogP contribution < -0.4 is 21.7 Å². The Bertz CT molecular complexity index is 1060. The largest absolute Gasteiger partial charge is 0.481 e. The highest BCUT2D eigenvalue weighted by Gasteiger charge is 2.38. The van der Waals surface area contributed by atoms with Gasteiger partial charge in [0.05, 0.1) is 18.3 Å². The minimum absolute atomic E-state index is 0.00249. The Morgan fingerprint density at radius 2 is 1.43 bits per heavy atom. The number of carbonyl (C=O) groups excluding carboxylic acids is 4. The Morgan fingerprint density at radius 1 is 0.850 bits per heavy atom. The zero-order valence-electron chi connectivity index (χ0n) is 22.9. The summed E-state index contributed by atoms with van der Waals surface area (Å²) >= 11 is 0. The molecule has 0 radical (unpaired) electrons. The van der Waals surface area contributed by atoms with Crippen LogP contribution in [-0.2, 0) is 35.2 Å². The first-order chi connectivity index (χ1) is 18.9. The maximum Gasteiger partial charge on any atom is 0.307 e. The molecule has 12 nitrogen and oxygen atoms in total. The highest BCUT2D eigenvalue weighted by atomic mass is 16.4. The summed E-state index contributed by atoms with van der Waals surface area (Å²) in [6.07, 6.45) is 2.03. The fraction of sp³-hybridized carbons (Fsp3) is 0.571. The third kappa shape index (κ3) is 10.3. The molecule has 40 heavy (non-hydrogen) atoms. The minimum Gasteiger partial charge on any atom is -0.481 e. The molecule has 1 saturated carbocycles. The van der Waals surface area contributed by atoms with Crippen LogP contribution >= 0.6 is 0 Å². The zero-order valence-corrected chi connectivity index (χ0v) is 22.9. The fourth-order valence-corrected chi connectivity index (χ4v) is 4.89. The van der Waals surface area contributed by atoms with Gasteiger partial charge in [-0.15, -0.1) is 0 Å². The van der Waals surface area contributed by atoms with Crippen LogP contribution in [0.25, 0.3) is 0 Å². The van der Waals surface area contributed by atoms with Crippen LogP contribution in [0.3, 0.4) is 0 Å². The van der Waals surface area contributed by atoms with Crippen molar-refractivity contribution in [3.05, 3.63) is 35.9 Å². The highest BCUT2D eigenvalue weighted by molar-refractivity contribution is 5.96.